The van der Waals surface area contributed by atoms with Gasteiger partial charge in [0.1, 0.15) is 30.2 Å². The summed E-state index contributed by atoms with van der Waals surface area (Å²) in [5.41, 5.74) is 8.45. The first-order valence-corrected chi connectivity index (χ1v) is 10.6. The molecule has 0 radical (unpaired) electrons. The van der Waals surface area contributed by atoms with Gasteiger partial charge in [0.2, 0.25) is 0 Å². The largest absolute Gasteiger partial charge is 0.508 e. The van der Waals surface area contributed by atoms with Crippen LogP contribution in [0.25, 0.3) is 5.52 Å². The third-order valence-corrected chi connectivity index (χ3v) is 6.41. The van der Waals surface area contributed by atoms with Crippen LogP contribution in [-0.4, -0.2) is 39.1 Å². The van der Waals surface area contributed by atoms with E-state index in [0.717, 1.165) is 43.3 Å². The third kappa shape index (κ3) is 4.01. The predicted molar refractivity (Wildman–Crippen MR) is 112 cm³/mol. The van der Waals surface area contributed by atoms with Crippen molar-refractivity contribution in [1.82, 2.24) is 14.6 Å². The molecule has 3 atom stereocenters. The Balaban J connectivity index is 1.33. The van der Waals surface area contributed by atoms with E-state index in [0.29, 0.717) is 5.82 Å². The molecule has 30 heavy (non-hydrogen) atoms. The van der Waals surface area contributed by atoms with E-state index in [-0.39, 0.29) is 24.7 Å². The van der Waals surface area contributed by atoms with Crippen LogP contribution in [-0.2, 0) is 14.2 Å². The van der Waals surface area contributed by atoms with Crippen LogP contribution in [0.15, 0.2) is 30.1 Å². The van der Waals surface area contributed by atoms with E-state index in [2.05, 4.69) is 36.9 Å². The van der Waals surface area contributed by atoms with Crippen LogP contribution in [0, 0.1) is 5.92 Å². The summed E-state index contributed by atoms with van der Waals surface area (Å²) in [6.45, 7) is 6.47. The molecule has 0 bridgehead atoms. The van der Waals surface area contributed by atoms with Gasteiger partial charge >= 0.3 is 6.16 Å². The molecule has 1 fully saturated rings. The van der Waals surface area contributed by atoms with Gasteiger partial charge in [0.05, 0.1) is 11.8 Å². The van der Waals surface area contributed by atoms with Gasteiger partial charge in [-0.2, -0.15) is 5.10 Å². The number of nitrogen functional groups attached to an aromatic ring is 1. The number of allylic oxidation sites excluding steroid dienone is 1. The first kappa shape index (κ1) is 20.7. The number of nitrogens with two attached hydrogens (primary N) is 1. The zero-order chi connectivity index (χ0) is 21.3. The first-order valence-electron chi connectivity index (χ1n) is 10.6. The highest BCUT2D eigenvalue weighted by atomic mass is 16.7. The molecule has 8 nitrogen and oxygen atoms in total. The monoisotopic (exact) mass is 414 g/mol. The second-order valence-electron chi connectivity index (χ2n) is 8.66. The van der Waals surface area contributed by atoms with Crippen LogP contribution in [0.5, 0.6) is 0 Å². The van der Waals surface area contributed by atoms with Gasteiger partial charge in [-0.25, -0.2) is 14.3 Å². The molecule has 0 saturated carbocycles. The molecule has 2 aromatic rings. The normalized spacial score (nSPS) is 26.7. The van der Waals surface area contributed by atoms with Gasteiger partial charge < -0.3 is 19.9 Å². The number of ether oxygens (including phenoxy) is 3. The van der Waals surface area contributed by atoms with Crippen LogP contribution < -0.4 is 5.73 Å². The van der Waals surface area contributed by atoms with Crippen molar-refractivity contribution in [2.24, 2.45) is 5.92 Å². The number of hydrogen-bond acceptors (Lipinski definition) is 7. The Labute approximate surface area is 176 Å². The predicted octanol–water partition coefficient (Wildman–Crippen LogP) is 4.21. The maximum atomic E-state index is 12.4. The fourth-order valence-electron chi connectivity index (χ4n) is 4.31. The lowest BCUT2D eigenvalue weighted by Gasteiger charge is -2.38. The molecule has 0 spiro atoms. The Bertz CT molecular complexity index is 954. The fraction of sp³-hybridized carbons (Fsp3) is 0.591. The molecule has 2 aromatic heterocycles. The lowest BCUT2D eigenvalue weighted by atomic mass is 9.78. The van der Waals surface area contributed by atoms with Crippen LogP contribution in [0.4, 0.5) is 10.6 Å². The van der Waals surface area contributed by atoms with E-state index in [9.17, 15) is 4.79 Å². The molecular formula is C22H30N4O4. The molecule has 8 heteroatoms. The van der Waals surface area contributed by atoms with Crippen molar-refractivity contribution >= 4 is 17.5 Å². The van der Waals surface area contributed by atoms with Crippen LogP contribution in [0.1, 0.15) is 64.7 Å². The Morgan fingerprint density at radius 1 is 1.40 bits per heavy atom. The molecule has 1 saturated heterocycles. The third-order valence-electron chi connectivity index (χ3n) is 6.41. The molecule has 162 valence electrons. The molecule has 0 amide bonds. The number of aromatic nitrogens is 3. The molecular weight excluding hydrogens is 384 g/mol. The fourth-order valence-corrected chi connectivity index (χ4v) is 4.31. The van der Waals surface area contributed by atoms with E-state index in [1.54, 1.807) is 4.52 Å². The van der Waals surface area contributed by atoms with Crippen LogP contribution in [0.2, 0.25) is 0 Å². The van der Waals surface area contributed by atoms with Crippen LogP contribution >= 0.6 is 0 Å². The molecule has 1 aliphatic carbocycles. The average Bonchev–Trinajstić information content (AvgIpc) is 3.35. The Morgan fingerprint density at radius 2 is 2.23 bits per heavy atom. The summed E-state index contributed by atoms with van der Waals surface area (Å²) >= 11 is 0. The lowest BCUT2D eigenvalue weighted by molar-refractivity contribution is -0.0795. The molecule has 2 aliphatic rings. The van der Waals surface area contributed by atoms with Crippen molar-refractivity contribution in [3.63, 3.8) is 0 Å². The maximum Gasteiger partial charge on any atom is 0.508 e. The summed E-state index contributed by atoms with van der Waals surface area (Å²) in [5, 5.41) is 4.28. The van der Waals surface area contributed by atoms with Crippen molar-refractivity contribution in [3.8, 4) is 0 Å². The Hall–Kier alpha value is -2.61. The SMILES string of the molecule is CC1=CCC(OC(=O)OCC2CCC(c3ccc4c(N)ncnn34)O2)(C(C)C)CC1. The zero-order valence-electron chi connectivity index (χ0n) is 17.8. The Kier molecular flexibility index (Phi) is 5.69. The average molecular weight is 415 g/mol. The number of fused-ring (bicyclic) bond motifs is 1. The highest BCUT2D eigenvalue weighted by Crippen LogP contribution is 2.38. The number of nitrogens with zero attached hydrogens (tertiary/aromatic N) is 3. The van der Waals surface area contributed by atoms with E-state index in [4.69, 9.17) is 19.9 Å². The second kappa shape index (κ2) is 8.26. The number of anilines is 1. The molecule has 2 N–H and O–H groups in total. The molecule has 3 heterocycles. The van der Waals surface area contributed by atoms with Crippen molar-refractivity contribution in [1.29, 1.82) is 0 Å². The van der Waals surface area contributed by atoms with Crippen LogP contribution in [0.3, 0.4) is 0 Å². The topological polar surface area (TPSA) is 101 Å². The Morgan fingerprint density at radius 3 is 2.97 bits per heavy atom. The van der Waals surface area contributed by atoms with Crippen molar-refractivity contribution < 1.29 is 19.0 Å². The smallest absolute Gasteiger partial charge is 0.432 e. The van der Waals surface area contributed by atoms with Gasteiger partial charge in [-0.3, -0.25) is 0 Å². The summed E-state index contributed by atoms with van der Waals surface area (Å²) in [6, 6.07) is 3.84. The summed E-state index contributed by atoms with van der Waals surface area (Å²) in [5.74, 6) is 0.655. The quantitative estimate of drug-likeness (QED) is 0.578. The highest BCUT2D eigenvalue weighted by Gasteiger charge is 2.39. The van der Waals surface area contributed by atoms with E-state index in [1.807, 2.05) is 12.1 Å². The van der Waals surface area contributed by atoms with Gasteiger partial charge in [-0.15, -0.1) is 0 Å². The molecule has 1 aliphatic heterocycles. The molecule has 0 aromatic carbocycles. The number of hydrogen-bond donors (Lipinski definition) is 1. The first-order chi connectivity index (χ1) is 14.4. The van der Waals surface area contributed by atoms with Gasteiger partial charge in [0.15, 0.2) is 5.82 Å². The summed E-state index contributed by atoms with van der Waals surface area (Å²) in [4.78, 5) is 16.4. The van der Waals surface area contributed by atoms with E-state index >= 15 is 0 Å². The number of rotatable bonds is 5. The second-order valence-corrected chi connectivity index (χ2v) is 8.66. The minimum absolute atomic E-state index is 0.125. The van der Waals surface area contributed by atoms with Gasteiger partial charge in [0, 0.05) is 6.42 Å². The van der Waals surface area contributed by atoms with Gasteiger partial charge in [0.25, 0.3) is 0 Å². The number of carbonyl (C=O) groups is 1. The maximum absolute atomic E-state index is 12.4. The zero-order valence-corrected chi connectivity index (χ0v) is 17.8. The van der Waals surface area contributed by atoms with Crippen molar-refractivity contribution in [2.75, 3.05) is 12.3 Å². The van der Waals surface area contributed by atoms with E-state index in [1.165, 1.54) is 11.9 Å². The van der Waals surface area contributed by atoms with Gasteiger partial charge in [-0.1, -0.05) is 25.5 Å². The standard InChI is InChI=1S/C22H30N4O4/c1-14(2)22(10-8-15(3)9-11-22)30-21(27)28-12-16-4-7-19(29-16)17-5-6-18-20(23)24-13-25-26(17)18/h5-6,8,13-14,16,19H,4,7,9-12H2,1-3H3,(H2,23,24,25). The lowest BCUT2D eigenvalue weighted by Crippen LogP contribution is -2.42. The highest BCUT2D eigenvalue weighted by molar-refractivity contribution is 5.65. The molecule has 4 rings (SSSR count). The summed E-state index contributed by atoms with van der Waals surface area (Å²) < 4.78 is 19.1. The van der Waals surface area contributed by atoms with Crippen molar-refractivity contribution in [2.45, 2.75) is 70.7 Å². The van der Waals surface area contributed by atoms with Gasteiger partial charge in [-0.05, 0) is 50.7 Å². The minimum atomic E-state index is -0.614. The minimum Gasteiger partial charge on any atom is -0.432 e. The summed E-state index contributed by atoms with van der Waals surface area (Å²) in [7, 11) is 0. The van der Waals surface area contributed by atoms with E-state index < -0.39 is 11.8 Å². The van der Waals surface area contributed by atoms with Crippen molar-refractivity contribution in [3.05, 3.63) is 35.8 Å². The molecule has 3 unspecified atom stereocenters. The number of carbonyl (C=O) groups excluding carboxylic acids is 1. The summed E-state index contributed by atoms with van der Waals surface area (Å²) in [6.07, 6.45) is 6.81.